The van der Waals surface area contributed by atoms with Gasteiger partial charge in [-0.15, -0.1) is 0 Å². The van der Waals surface area contributed by atoms with Crippen molar-refractivity contribution < 1.29 is 14.3 Å². The van der Waals surface area contributed by atoms with Crippen molar-refractivity contribution in [3.8, 4) is 0 Å². The van der Waals surface area contributed by atoms with Crippen molar-refractivity contribution in [3.63, 3.8) is 0 Å². The largest absolute Gasteiger partial charge is 0.387 e. The van der Waals surface area contributed by atoms with E-state index in [1.807, 2.05) is 30.3 Å². The topological polar surface area (TPSA) is 86.1 Å². The number of hydrogen-bond donors (Lipinski definition) is 3. The molecule has 0 radical (unpaired) electrons. The number of urea groups is 1. The molecule has 1 atom stereocenters. The second kappa shape index (κ2) is 9.38. The summed E-state index contributed by atoms with van der Waals surface area (Å²) < 4.78 is 13.2. The summed E-state index contributed by atoms with van der Waals surface area (Å²) in [5.74, 6) is -0.439. The van der Waals surface area contributed by atoms with Crippen LogP contribution in [0.1, 0.15) is 11.7 Å². The van der Waals surface area contributed by atoms with Crippen LogP contribution >= 0.6 is 0 Å². The van der Waals surface area contributed by atoms with Crippen LogP contribution in [0.3, 0.4) is 0 Å². The minimum Gasteiger partial charge on any atom is -0.387 e. The molecule has 7 heteroatoms. The zero-order chi connectivity index (χ0) is 19.8. The highest BCUT2D eigenvalue weighted by atomic mass is 19.1. The highest BCUT2D eigenvalue weighted by Gasteiger charge is 2.10. The van der Waals surface area contributed by atoms with Crippen molar-refractivity contribution >= 4 is 23.1 Å². The Morgan fingerprint density at radius 3 is 2.29 bits per heavy atom. The Hall–Kier alpha value is -3.58. The van der Waals surface area contributed by atoms with Crippen molar-refractivity contribution in [1.82, 2.24) is 5.32 Å². The molecule has 0 saturated heterocycles. The predicted octanol–water partition coefficient (Wildman–Crippen LogP) is 5.10. The van der Waals surface area contributed by atoms with E-state index in [2.05, 4.69) is 20.9 Å². The number of aliphatic hydroxyl groups is 1. The molecule has 0 fully saturated rings. The van der Waals surface area contributed by atoms with Crippen LogP contribution in [0.25, 0.3) is 0 Å². The minimum atomic E-state index is -0.998. The highest BCUT2D eigenvalue weighted by molar-refractivity contribution is 5.89. The molecular formula is C21H19FN4O2. The molecule has 6 nitrogen and oxygen atoms in total. The zero-order valence-electron chi connectivity index (χ0n) is 14.9. The monoisotopic (exact) mass is 378 g/mol. The lowest BCUT2D eigenvalue weighted by molar-refractivity contribution is 0.174. The molecule has 3 aromatic rings. The lowest BCUT2D eigenvalue weighted by atomic mass is 10.1. The molecule has 1 unspecified atom stereocenters. The van der Waals surface area contributed by atoms with Crippen LogP contribution in [0, 0.1) is 5.82 Å². The predicted molar refractivity (Wildman–Crippen MR) is 105 cm³/mol. The van der Waals surface area contributed by atoms with Crippen LogP contribution in [0.5, 0.6) is 0 Å². The average molecular weight is 378 g/mol. The van der Waals surface area contributed by atoms with E-state index in [9.17, 15) is 14.3 Å². The zero-order valence-corrected chi connectivity index (χ0v) is 14.9. The van der Waals surface area contributed by atoms with E-state index in [-0.39, 0.29) is 6.54 Å². The van der Waals surface area contributed by atoms with Gasteiger partial charge in [0.05, 0.1) is 17.5 Å². The van der Waals surface area contributed by atoms with Crippen LogP contribution in [0.4, 0.5) is 26.2 Å². The number of rotatable bonds is 6. The first-order valence-electron chi connectivity index (χ1n) is 8.65. The number of anilines is 1. The number of aliphatic hydroxyl groups excluding tert-OH is 1. The van der Waals surface area contributed by atoms with E-state index in [1.165, 1.54) is 18.2 Å². The quantitative estimate of drug-likeness (QED) is 0.522. The molecule has 0 aliphatic carbocycles. The number of carbonyl (C=O) groups is 1. The van der Waals surface area contributed by atoms with Gasteiger partial charge in [-0.05, 0) is 54.1 Å². The normalized spacial score (nSPS) is 11.9. The van der Waals surface area contributed by atoms with Crippen molar-refractivity contribution in [2.45, 2.75) is 6.10 Å². The second-order valence-electron chi connectivity index (χ2n) is 5.99. The van der Waals surface area contributed by atoms with Gasteiger partial charge in [-0.1, -0.05) is 30.3 Å². The summed E-state index contributed by atoms with van der Waals surface area (Å²) in [4.78, 5) is 12.0. The van der Waals surface area contributed by atoms with Gasteiger partial charge in [0.15, 0.2) is 0 Å². The number of hydrogen-bond acceptors (Lipinski definition) is 4. The van der Waals surface area contributed by atoms with Crippen molar-refractivity contribution in [1.29, 1.82) is 0 Å². The molecule has 2 amide bonds. The first-order chi connectivity index (χ1) is 13.6. The van der Waals surface area contributed by atoms with Crippen molar-refractivity contribution in [3.05, 3.63) is 90.2 Å². The number of benzene rings is 3. The van der Waals surface area contributed by atoms with Crippen LogP contribution in [-0.2, 0) is 0 Å². The Morgan fingerprint density at radius 2 is 1.61 bits per heavy atom. The van der Waals surface area contributed by atoms with E-state index in [4.69, 9.17) is 0 Å². The molecule has 3 aromatic carbocycles. The molecule has 0 bridgehead atoms. The van der Waals surface area contributed by atoms with Gasteiger partial charge in [-0.25, -0.2) is 9.18 Å². The number of nitrogens with one attached hydrogen (secondary N) is 2. The van der Waals surface area contributed by atoms with Gasteiger partial charge in [-0.2, -0.15) is 10.2 Å². The Labute approximate surface area is 161 Å². The lowest BCUT2D eigenvalue weighted by Gasteiger charge is -2.13. The average Bonchev–Trinajstić information content (AvgIpc) is 2.72. The summed E-state index contributed by atoms with van der Waals surface area (Å²) in [7, 11) is 0. The first kappa shape index (κ1) is 19.2. The molecule has 28 heavy (non-hydrogen) atoms. The SMILES string of the molecule is O=C(NCC(O)c1cccc(F)c1)Nc1ccc(N=Nc2ccccc2)cc1. The molecule has 0 aliphatic heterocycles. The third-order valence-corrected chi connectivity index (χ3v) is 3.85. The number of nitrogens with zero attached hydrogens (tertiary/aromatic N) is 2. The molecule has 0 heterocycles. The van der Waals surface area contributed by atoms with Gasteiger partial charge in [-0.3, -0.25) is 0 Å². The second-order valence-corrected chi connectivity index (χ2v) is 5.99. The van der Waals surface area contributed by atoms with Crippen molar-refractivity contribution in [2.24, 2.45) is 10.2 Å². The molecule has 0 spiro atoms. The smallest absolute Gasteiger partial charge is 0.319 e. The summed E-state index contributed by atoms with van der Waals surface area (Å²) in [6.45, 7) is -0.0430. The number of halogens is 1. The third-order valence-electron chi connectivity index (χ3n) is 3.85. The summed E-state index contributed by atoms with van der Waals surface area (Å²) in [6.07, 6.45) is -0.998. The summed E-state index contributed by atoms with van der Waals surface area (Å²) in [6, 6.07) is 21.3. The molecule has 3 N–H and O–H groups in total. The number of azo groups is 1. The van der Waals surface area contributed by atoms with Gasteiger partial charge < -0.3 is 15.7 Å². The van der Waals surface area contributed by atoms with Gasteiger partial charge >= 0.3 is 6.03 Å². The van der Waals surface area contributed by atoms with Gasteiger partial charge in [0.1, 0.15) is 5.82 Å². The third kappa shape index (κ3) is 5.72. The van der Waals surface area contributed by atoms with E-state index in [0.29, 0.717) is 16.9 Å². The maximum Gasteiger partial charge on any atom is 0.319 e. The molecule has 0 aliphatic rings. The Balaban J connectivity index is 1.49. The molecule has 0 saturated carbocycles. The lowest BCUT2D eigenvalue weighted by Crippen LogP contribution is -2.32. The maximum atomic E-state index is 13.2. The fraction of sp³-hybridized carbons (Fsp3) is 0.0952. The Bertz CT molecular complexity index is 946. The molecule has 3 rings (SSSR count). The Morgan fingerprint density at radius 1 is 0.929 bits per heavy atom. The van der Waals surface area contributed by atoms with Crippen LogP contribution in [0.2, 0.25) is 0 Å². The van der Waals surface area contributed by atoms with Crippen LogP contribution < -0.4 is 10.6 Å². The number of amides is 2. The first-order valence-corrected chi connectivity index (χ1v) is 8.65. The molecular weight excluding hydrogens is 359 g/mol. The minimum absolute atomic E-state index is 0.0430. The summed E-state index contributed by atoms with van der Waals surface area (Å²) in [5, 5.41) is 23.5. The van der Waals surface area contributed by atoms with Gasteiger partial charge in [0.25, 0.3) is 0 Å². The molecule has 142 valence electrons. The fourth-order valence-corrected chi connectivity index (χ4v) is 2.42. The highest BCUT2D eigenvalue weighted by Crippen LogP contribution is 2.20. The summed E-state index contributed by atoms with van der Waals surface area (Å²) >= 11 is 0. The van der Waals surface area contributed by atoms with E-state index >= 15 is 0 Å². The van der Waals surface area contributed by atoms with E-state index in [0.717, 1.165) is 5.69 Å². The van der Waals surface area contributed by atoms with E-state index < -0.39 is 18.0 Å². The fourth-order valence-electron chi connectivity index (χ4n) is 2.42. The maximum absolute atomic E-state index is 13.2. The number of carbonyl (C=O) groups excluding carboxylic acids is 1. The standard InChI is InChI=1S/C21H19FN4O2/c22-16-6-4-5-15(13-16)20(27)14-23-21(28)24-17-9-11-19(12-10-17)26-25-18-7-2-1-3-8-18/h1-13,20,27H,14H2,(H2,23,24,28). The van der Waals surface area contributed by atoms with Gasteiger partial charge in [0, 0.05) is 12.2 Å². The Kier molecular flexibility index (Phi) is 6.43. The molecule has 0 aromatic heterocycles. The van der Waals surface area contributed by atoms with Crippen LogP contribution in [0.15, 0.2) is 89.1 Å². The summed E-state index contributed by atoms with van der Waals surface area (Å²) in [5.41, 5.74) is 2.36. The van der Waals surface area contributed by atoms with Gasteiger partial charge in [0.2, 0.25) is 0 Å². The van der Waals surface area contributed by atoms with Crippen molar-refractivity contribution in [2.75, 3.05) is 11.9 Å². The van der Waals surface area contributed by atoms with Crippen LogP contribution in [-0.4, -0.2) is 17.7 Å². The van der Waals surface area contributed by atoms with E-state index in [1.54, 1.807) is 30.3 Å².